The van der Waals surface area contributed by atoms with Crippen molar-refractivity contribution in [3.63, 3.8) is 0 Å². The summed E-state index contributed by atoms with van der Waals surface area (Å²) >= 11 is 0. The van der Waals surface area contributed by atoms with Crippen molar-refractivity contribution in [2.45, 2.75) is 141 Å². The molecule has 0 amide bonds. The van der Waals surface area contributed by atoms with Crippen LogP contribution in [0, 0.1) is 0 Å². The van der Waals surface area contributed by atoms with Crippen LogP contribution < -0.4 is 0 Å². The lowest BCUT2D eigenvalue weighted by Crippen LogP contribution is -2.35. The minimum Gasteiger partial charge on any atom is -0.330 e. The molecule has 1 heterocycles. The molecule has 2 atom stereocenters. The molecule has 4 aromatic rings. The predicted octanol–water partition coefficient (Wildman–Crippen LogP) is 12.5. The molecule has 0 saturated heterocycles. The first-order chi connectivity index (χ1) is 22.2. The summed E-state index contributed by atoms with van der Waals surface area (Å²) in [5.41, 5.74) is 4.06. The van der Waals surface area contributed by atoms with Crippen LogP contribution in [0.5, 0.6) is 0 Å². The van der Waals surface area contributed by atoms with Crippen molar-refractivity contribution in [2.24, 2.45) is 0 Å². The van der Waals surface area contributed by atoms with Crippen LogP contribution >= 0.6 is 0 Å². The molecule has 4 rings (SSSR count). The fraction of sp³-hybridized carbons (Fsp3) is 0.512. The highest BCUT2D eigenvalue weighted by Crippen LogP contribution is 2.44. The molecule has 242 valence electrons. The van der Waals surface area contributed by atoms with E-state index in [1.807, 2.05) is 6.20 Å². The Morgan fingerprint density at radius 1 is 0.578 bits per heavy atom. The van der Waals surface area contributed by atoms with Gasteiger partial charge in [-0.05, 0) is 29.5 Å². The Balaban J connectivity index is 1.36. The van der Waals surface area contributed by atoms with Crippen LogP contribution in [0.1, 0.15) is 145 Å². The Hall–Kier alpha value is -3.13. The summed E-state index contributed by atoms with van der Waals surface area (Å²) in [7, 11) is 0. The highest BCUT2D eigenvalue weighted by molar-refractivity contribution is 5.33. The van der Waals surface area contributed by atoms with Crippen molar-refractivity contribution < 1.29 is 0 Å². The van der Waals surface area contributed by atoms with E-state index in [9.17, 15) is 0 Å². The zero-order valence-corrected chi connectivity index (χ0v) is 28.5. The maximum absolute atomic E-state index is 5.10. The molecule has 0 aliphatic heterocycles. The van der Waals surface area contributed by atoms with E-state index in [0.29, 0.717) is 5.92 Å². The Labute approximate surface area is 275 Å². The van der Waals surface area contributed by atoms with E-state index in [4.69, 9.17) is 4.98 Å². The summed E-state index contributed by atoms with van der Waals surface area (Å²) in [4.78, 5) is 5.10. The molecule has 2 heteroatoms. The summed E-state index contributed by atoms with van der Waals surface area (Å²) < 4.78 is 2.41. The van der Waals surface area contributed by atoms with E-state index in [0.717, 1.165) is 19.4 Å². The van der Waals surface area contributed by atoms with Crippen LogP contribution in [0.15, 0.2) is 103 Å². The van der Waals surface area contributed by atoms with Gasteiger partial charge in [-0.2, -0.15) is 0 Å². The number of aromatic nitrogens is 2. The number of nitrogens with zero attached hydrogens (tertiary/aromatic N) is 2. The van der Waals surface area contributed by atoms with E-state index in [1.54, 1.807) is 0 Å². The first-order valence-corrected chi connectivity index (χ1v) is 18.3. The highest BCUT2D eigenvalue weighted by Gasteiger charge is 2.39. The fourth-order valence-corrected chi connectivity index (χ4v) is 7.26. The van der Waals surface area contributed by atoms with Gasteiger partial charge in [0.1, 0.15) is 5.82 Å². The summed E-state index contributed by atoms with van der Waals surface area (Å²) in [6.45, 7) is 5.66. The van der Waals surface area contributed by atoms with Crippen molar-refractivity contribution in [1.29, 1.82) is 0 Å². The van der Waals surface area contributed by atoms with Crippen molar-refractivity contribution in [1.82, 2.24) is 9.55 Å². The standard InChI is InChI=1S/C43H60N2/c1-3-4-5-6-7-8-9-10-11-12-13-14-15-16-26-33-41(42-44-34-35-45(42)37-39-29-22-18-23-30-39)43(2,40-31-24-19-25-32-40)36-38-27-20-17-21-28-38/h17-25,27-32,34-35,41H,3-16,26,33,36-37H2,1-2H3. The smallest absolute Gasteiger partial charge is 0.112 e. The van der Waals surface area contributed by atoms with Gasteiger partial charge in [0.15, 0.2) is 0 Å². The largest absolute Gasteiger partial charge is 0.330 e. The Morgan fingerprint density at radius 3 is 1.58 bits per heavy atom. The minimum absolute atomic E-state index is 0.0710. The van der Waals surface area contributed by atoms with E-state index in [-0.39, 0.29) is 5.41 Å². The monoisotopic (exact) mass is 604 g/mol. The average molecular weight is 605 g/mol. The Bertz CT molecular complexity index is 1280. The third kappa shape index (κ3) is 11.6. The second-order valence-electron chi connectivity index (χ2n) is 13.6. The van der Waals surface area contributed by atoms with E-state index < -0.39 is 0 Å². The van der Waals surface area contributed by atoms with Gasteiger partial charge in [0.05, 0.1) is 0 Å². The van der Waals surface area contributed by atoms with Gasteiger partial charge < -0.3 is 4.57 Å². The lowest BCUT2D eigenvalue weighted by molar-refractivity contribution is 0.324. The van der Waals surface area contributed by atoms with Crippen LogP contribution in [0.25, 0.3) is 0 Å². The molecule has 0 fully saturated rings. The molecule has 2 nitrogen and oxygen atoms in total. The fourth-order valence-electron chi connectivity index (χ4n) is 7.26. The van der Waals surface area contributed by atoms with Crippen LogP contribution in [0.2, 0.25) is 0 Å². The maximum Gasteiger partial charge on any atom is 0.112 e. The summed E-state index contributed by atoms with van der Waals surface area (Å²) in [5.74, 6) is 1.55. The van der Waals surface area contributed by atoms with Crippen LogP contribution in [0.4, 0.5) is 0 Å². The number of hydrogen-bond acceptors (Lipinski definition) is 1. The van der Waals surface area contributed by atoms with Crippen LogP contribution in [-0.2, 0) is 18.4 Å². The van der Waals surface area contributed by atoms with Gasteiger partial charge in [0, 0.05) is 30.3 Å². The first-order valence-electron chi connectivity index (χ1n) is 18.3. The molecule has 0 bridgehead atoms. The summed E-state index contributed by atoms with van der Waals surface area (Å²) in [6, 6.07) is 33.2. The second kappa shape index (κ2) is 20.1. The second-order valence-corrected chi connectivity index (χ2v) is 13.6. The number of hydrogen-bond donors (Lipinski definition) is 0. The Morgan fingerprint density at radius 2 is 1.04 bits per heavy atom. The van der Waals surface area contributed by atoms with E-state index in [1.165, 1.54) is 119 Å². The van der Waals surface area contributed by atoms with Gasteiger partial charge in [-0.1, -0.05) is 201 Å². The predicted molar refractivity (Wildman–Crippen MR) is 194 cm³/mol. The molecule has 2 unspecified atom stereocenters. The van der Waals surface area contributed by atoms with Gasteiger partial charge in [-0.3, -0.25) is 0 Å². The number of imidazole rings is 1. The first kappa shape index (κ1) is 34.7. The Kier molecular flexibility index (Phi) is 15.5. The highest BCUT2D eigenvalue weighted by atomic mass is 15.1. The molecular weight excluding hydrogens is 544 g/mol. The lowest BCUT2D eigenvalue weighted by atomic mass is 9.66. The molecule has 0 saturated carbocycles. The third-order valence-electron chi connectivity index (χ3n) is 9.97. The van der Waals surface area contributed by atoms with E-state index >= 15 is 0 Å². The van der Waals surface area contributed by atoms with Crippen molar-refractivity contribution in [3.05, 3.63) is 126 Å². The van der Waals surface area contributed by atoms with Gasteiger partial charge in [-0.15, -0.1) is 0 Å². The summed E-state index contributed by atoms with van der Waals surface area (Å²) in [6.07, 6.45) is 27.3. The van der Waals surface area contributed by atoms with Gasteiger partial charge in [0.25, 0.3) is 0 Å². The molecule has 0 N–H and O–H groups in total. The molecule has 0 aliphatic carbocycles. The number of benzene rings is 3. The normalized spacial score (nSPS) is 13.5. The molecular formula is C43H60N2. The van der Waals surface area contributed by atoms with Crippen LogP contribution in [0.3, 0.4) is 0 Å². The van der Waals surface area contributed by atoms with E-state index in [2.05, 4.69) is 116 Å². The lowest BCUT2D eigenvalue weighted by Gasteiger charge is -2.39. The molecule has 0 spiro atoms. The third-order valence-corrected chi connectivity index (χ3v) is 9.97. The SMILES string of the molecule is CCCCCCCCCCCCCCCCCC(c1nccn1Cc1ccccc1)C(C)(Cc1ccccc1)c1ccccc1. The zero-order chi connectivity index (χ0) is 31.4. The van der Waals surface area contributed by atoms with Gasteiger partial charge in [-0.25, -0.2) is 4.98 Å². The van der Waals surface area contributed by atoms with Crippen molar-refractivity contribution in [2.75, 3.05) is 0 Å². The van der Waals surface area contributed by atoms with Gasteiger partial charge >= 0.3 is 0 Å². The molecule has 0 radical (unpaired) electrons. The number of unbranched alkanes of at least 4 members (excludes halogenated alkanes) is 14. The molecule has 1 aromatic heterocycles. The van der Waals surface area contributed by atoms with Crippen molar-refractivity contribution in [3.8, 4) is 0 Å². The zero-order valence-electron chi connectivity index (χ0n) is 28.5. The minimum atomic E-state index is -0.0710. The van der Waals surface area contributed by atoms with Crippen LogP contribution in [-0.4, -0.2) is 9.55 Å². The molecule has 3 aromatic carbocycles. The van der Waals surface area contributed by atoms with Crippen molar-refractivity contribution >= 4 is 0 Å². The maximum atomic E-state index is 5.10. The topological polar surface area (TPSA) is 17.8 Å². The quantitative estimate of drug-likeness (QED) is 0.0770. The average Bonchev–Trinajstić information content (AvgIpc) is 3.53. The summed E-state index contributed by atoms with van der Waals surface area (Å²) in [5, 5.41) is 0. The molecule has 45 heavy (non-hydrogen) atoms. The molecule has 0 aliphatic rings. The van der Waals surface area contributed by atoms with Gasteiger partial charge in [0.2, 0.25) is 0 Å². The number of rotatable bonds is 23.